The third-order valence-electron chi connectivity index (χ3n) is 6.65. The van der Waals surface area contributed by atoms with Crippen LogP contribution in [0.2, 0.25) is 0 Å². The van der Waals surface area contributed by atoms with Gasteiger partial charge in [0.25, 0.3) is 0 Å². The molecule has 3 aromatic rings. The van der Waals surface area contributed by atoms with Gasteiger partial charge in [0, 0.05) is 17.2 Å². The fourth-order valence-corrected chi connectivity index (χ4v) is 6.00. The van der Waals surface area contributed by atoms with E-state index in [0.29, 0.717) is 47.7 Å². The number of fused-ring (bicyclic) bond motifs is 7. The molecule has 6 nitrogen and oxygen atoms in total. The average molecular weight is 457 g/mol. The van der Waals surface area contributed by atoms with E-state index in [9.17, 15) is 12.8 Å². The Bertz CT molecular complexity index is 1270. The lowest BCUT2D eigenvalue weighted by molar-refractivity contribution is 0.257. The second-order valence-corrected chi connectivity index (χ2v) is 10.8. The van der Waals surface area contributed by atoms with E-state index < -0.39 is 15.4 Å². The first-order chi connectivity index (χ1) is 15.2. The molecule has 2 aromatic carbocycles. The van der Waals surface area contributed by atoms with E-state index in [2.05, 4.69) is 11.6 Å². The highest BCUT2D eigenvalue weighted by molar-refractivity contribution is 7.88. The van der Waals surface area contributed by atoms with E-state index in [4.69, 9.17) is 14.1 Å². The van der Waals surface area contributed by atoms with Crippen molar-refractivity contribution in [2.75, 3.05) is 6.26 Å². The smallest absolute Gasteiger partial charge is 0.208 e. The second-order valence-electron chi connectivity index (χ2n) is 9.00. The summed E-state index contributed by atoms with van der Waals surface area (Å²) in [5.41, 5.74) is 2.22. The molecule has 4 bridgehead atoms. The Morgan fingerprint density at radius 3 is 2.81 bits per heavy atom. The molecule has 168 valence electrons. The van der Waals surface area contributed by atoms with E-state index in [1.54, 1.807) is 12.3 Å². The van der Waals surface area contributed by atoms with Crippen molar-refractivity contribution in [3.63, 3.8) is 0 Å². The third-order valence-corrected chi connectivity index (χ3v) is 7.42. The number of halogens is 1. The zero-order valence-electron chi connectivity index (χ0n) is 18.0. The number of oxazole rings is 1. The van der Waals surface area contributed by atoms with Gasteiger partial charge in [-0.15, -0.1) is 0 Å². The maximum absolute atomic E-state index is 14.9. The number of para-hydroxylation sites is 1. The van der Waals surface area contributed by atoms with Gasteiger partial charge in [-0.25, -0.2) is 22.5 Å². The summed E-state index contributed by atoms with van der Waals surface area (Å²) in [6.07, 6.45) is 4.54. The summed E-state index contributed by atoms with van der Waals surface area (Å²) in [7, 11) is -3.35. The first-order valence-electron chi connectivity index (χ1n) is 10.7. The quantitative estimate of drug-likeness (QED) is 0.625. The molecule has 0 radical (unpaired) electrons. The maximum atomic E-state index is 14.9. The van der Waals surface area contributed by atoms with Gasteiger partial charge < -0.3 is 9.15 Å². The van der Waals surface area contributed by atoms with Crippen LogP contribution in [0.15, 0.2) is 53.1 Å². The largest absolute Gasteiger partial charge is 0.487 e. The molecule has 32 heavy (non-hydrogen) atoms. The molecule has 2 aliphatic rings. The molecule has 5 rings (SSSR count). The molecular weight excluding hydrogens is 431 g/mol. The van der Waals surface area contributed by atoms with Crippen LogP contribution in [0.5, 0.6) is 5.75 Å². The summed E-state index contributed by atoms with van der Waals surface area (Å²) in [6.45, 7) is 2.28. The van der Waals surface area contributed by atoms with Crippen molar-refractivity contribution in [1.82, 2.24) is 9.71 Å². The predicted octanol–water partition coefficient (Wildman–Crippen LogP) is 4.20. The summed E-state index contributed by atoms with van der Waals surface area (Å²) in [4.78, 5) is 4.75. The molecule has 0 saturated heterocycles. The number of ether oxygens (including phenoxy) is 1. The van der Waals surface area contributed by atoms with Crippen LogP contribution < -0.4 is 9.46 Å². The summed E-state index contributed by atoms with van der Waals surface area (Å²) >= 11 is 0. The van der Waals surface area contributed by atoms with Gasteiger partial charge in [-0.1, -0.05) is 31.2 Å². The standard InChI is InChI=1S/C24H25FN2O4S/c1-15-9-17(27-32(2,28)29)12-24(15)11-16-7-8-21(25)20(10-16)19-5-3-4-6-22(19)30-13-18-14-31-23(24)26-18/h3-8,10,14-15,17,27H,9,11-13H2,1-2H3/t15-,17-,24+/m1/s1. The lowest BCUT2D eigenvalue weighted by Gasteiger charge is -2.31. The van der Waals surface area contributed by atoms with Gasteiger partial charge in [-0.2, -0.15) is 0 Å². The Morgan fingerprint density at radius 1 is 1.19 bits per heavy atom. The van der Waals surface area contributed by atoms with Gasteiger partial charge >= 0.3 is 0 Å². The molecule has 1 aliphatic heterocycles. The number of rotatable bonds is 2. The molecule has 1 spiro atoms. The Kier molecular flexibility index (Phi) is 5.09. The molecule has 1 aromatic heterocycles. The first-order valence-corrected chi connectivity index (χ1v) is 12.6. The zero-order chi connectivity index (χ0) is 22.5. The normalized spacial score (nSPS) is 25.0. The van der Waals surface area contributed by atoms with E-state index in [1.807, 2.05) is 30.3 Å². The summed E-state index contributed by atoms with van der Waals surface area (Å²) in [5.74, 6) is 0.928. The van der Waals surface area contributed by atoms with Crippen LogP contribution in [-0.2, 0) is 28.5 Å². The second kappa shape index (κ2) is 7.71. The molecule has 0 amide bonds. The van der Waals surface area contributed by atoms with Gasteiger partial charge in [-0.3, -0.25) is 0 Å². The van der Waals surface area contributed by atoms with Crippen molar-refractivity contribution in [3.8, 4) is 16.9 Å². The van der Waals surface area contributed by atoms with Crippen LogP contribution in [0.4, 0.5) is 4.39 Å². The highest BCUT2D eigenvalue weighted by atomic mass is 32.2. The maximum Gasteiger partial charge on any atom is 0.208 e. The lowest BCUT2D eigenvalue weighted by atomic mass is 9.73. The van der Waals surface area contributed by atoms with Crippen LogP contribution in [0.3, 0.4) is 0 Å². The first kappa shape index (κ1) is 21.2. The van der Waals surface area contributed by atoms with Crippen molar-refractivity contribution in [2.24, 2.45) is 5.92 Å². The van der Waals surface area contributed by atoms with Crippen molar-refractivity contribution >= 4 is 10.0 Å². The Labute approximate surface area is 186 Å². The molecular formula is C24H25FN2O4S. The number of nitrogens with zero attached hydrogens (tertiary/aromatic N) is 1. The summed E-state index contributed by atoms with van der Waals surface area (Å²) in [5, 5.41) is 0. The van der Waals surface area contributed by atoms with Crippen molar-refractivity contribution in [1.29, 1.82) is 0 Å². The Hall–Kier alpha value is -2.71. The molecule has 1 fully saturated rings. The summed E-state index contributed by atoms with van der Waals surface area (Å²) in [6, 6.07) is 12.3. The number of nitrogens with one attached hydrogen (secondary N) is 1. The molecule has 3 atom stereocenters. The number of hydrogen-bond acceptors (Lipinski definition) is 5. The van der Waals surface area contributed by atoms with Crippen LogP contribution in [-0.4, -0.2) is 25.7 Å². The van der Waals surface area contributed by atoms with Gasteiger partial charge in [0.05, 0.1) is 11.7 Å². The highest BCUT2D eigenvalue weighted by Crippen LogP contribution is 2.48. The van der Waals surface area contributed by atoms with E-state index in [-0.39, 0.29) is 24.4 Å². The van der Waals surface area contributed by atoms with Crippen molar-refractivity contribution in [3.05, 3.63) is 71.7 Å². The Morgan fingerprint density at radius 2 is 2.00 bits per heavy atom. The van der Waals surface area contributed by atoms with Crippen molar-refractivity contribution in [2.45, 2.75) is 44.2 Å². The van der Waals surface area contributed by atoms with Crippen LogP contribution in [0.25, 0.3) is 11.1 Å². The third kappa shape index (κ3) is 3.82. The van der Waals surface area contributed by atoms with Gasteiger partial charge in [-0.05, 0) is 48.9 Å². The molecule has 8 heteroatoms. The van der Waals surface area contributed by atoms with E-state index in [0.717, 1.165) is 5.56 Å². The van der Waals surface area contributed by atoms with Crippen LogP contribution >= 0.6 is 0 Å². The number of sulfonamides is 1. The van der Waals surface area contributed by atoms with Crippen LogP contribution in [0.1, 0.15) is 36.9 Å². The van der Waals surface area contributed by atoms with Gasteiger partial charge in [0.15, 0.2) is 0 Å². The monoisotopic (exact) mass is 456 g/mol. The molecule has 1 saturated carbocycles. The molecule has 2 heterocycles. The number of hydrogen-bond donors (Lipinski definition) is 1. The minimum absolute atomic E-state index is 0.0953. The SMILES string of the molecule is C[C@@H]1C[C@@H](NS(C)(=O)=O)C[C@@]12Cc1ccc(F)c(c1)-c1ccccc1OCc1coc2n1. The lowest BCUT2D eigenvalue weighted by Crippen LogP contribution is -2.36. The number of benzene rings is 2. The average Bonchev–Trinajstić information content (AvgIpc) is 3.32. The molecule has 0 unspecified atom stereocenters. The van der Waals surface area contributed by atoms with E-state index >= 15 is 0 Å². The van der Waals surface area contributed by atoms with Gasteiger partial charge in [0.1, 0.15) is 30.1 Å². The Balaban J connectivity index is 1.64. The zero-order valence-corrected chi connectivity index (χ0v) is 18.8. The molecule has 1 N–H and O–H groups in total. The number of aromatic nitrogens is 1. The van der Waals surface area contributed by atoms with Crippen LogP contribution in [0, 0.1) is 11.7 Å². The van der Waals surface area contributed by atoms with E-state index in [1.165, 1.54) is 12.3 Å². The minimum Gasteiger partial charge on any atom is -0.487 e. The predicted molar refractivity (Wildman–Crippen MR) is 118 cm³/mol. The van der Waals surface area contributed by atoms with Crippen molar-refractivity contribution < 1.29 is 22.0 Å². The topological polar surface area (TPSA) is 81.4 Å². The fourth-order valence-electron chi connectivity index (χ4n) is 5.21. The summed E-state index contributed by atoms with van der Waals surface area (Å²) < 4.78 is 53.4. The molecule has 1 aliphatic carbocycles. The van der Waals surface area contributed by atoms with Gasteiger partial charge in [0.2, 0.25) is 15.9 Å². The highest BCUT2D eigenvalue weighted by Gasteiger charge is 2.50. The fraction of sp³-hybridized carbons (Fsp3) is 0.375. The minimum atomic E-state index is -3.35.